The Hall–Kier alpha value is -1.94. The second-order valence-electron chi connectivity index (χ2n) is 4.64. The Labute approximate surface area is 126 Å². The molecule has 1 atom stereocenters. The van der Waals surface area contributed by atoms with Gasteiger partial charge in [0, 0.05) is 33.8 Å². The van der Waals surface area contributed by atoms with Gasteiger partial charge in [0.25, 0.3) is 0 Å². The van der Waals surface area contributed by atoms with Crippen LogP contribution in [-0.4, -0.2) is 9.97 Å². The van der Waals surface area contributed by atoms with E-state index in [-0.39, 0.29) is 6.04 Å². The van der Waals surface area contributed by atoms with Crippen molar-refractivity contribution < 1.29 is 0 Å². The van der Waals surface area contributed by atoms with Gasteiger partial charge in [-0.3, -0.25) is 4.98 Å². The highest BCUT2D eigenvalue weighted by Crippen LogP contribution is 2.29. The minimum Gasteiger partial charge on any atom is -0.363 e. The number of halogens is 1. The summed E-state index contributed by atoms with van der Waals surface area (Å²) < 4.78 is 1.08. The van der Waals surface area contributed by atoms with Crippen LogP contribution in [0, 0.1) is 0 Å². The molecule has 0 saturated carbocycles. The van der Waals surface area contributed by atoms with Crippen LogP contribution < -0.4 is 5.32 Å². The van der Waals surface area contributed by atoms with Crippen molar-refractivity contribution in [3.8, 4) is 0 Å². The van der Waals surface area contributed by atoms with E-state index in [9.17, 15) is 0 Å². The summed E-state index contributed by atoms with van der Waals surface area (Å²) in [6.45, 7) is 2.12. The highest BCUT2D eigenvalue weighted by Gasteiger charge is 2.09. The fourth-order valence-corrected chi connectivity index (χ4v) is 2.72. The molecule has 0 saturated heterocycles. The van der Waals surface area contributed by atoms with Crippen molar-refractivity contribution in [2.24, 2.45) is 0 Å². The monoisotopic (exact) mass is 327 g/mol. The number of pyridine rings is 2. The molecule has 2 aromatic heterocycles. The first-order valence-corrected chi connectivity index (χ1v) is 7.24. The van der Waals surface area contributed by atoms with Gasteiger partial charge in [-0.1, -0.05) is 28.1 Å². The quantitative estimate of drug-likeness (QED) is 0.765. The van der Waals surface area contributed by atoms with Crippen molar-refractivity contribution in [2.75, 3.05) is 5.32 Å². The van der Waals surface area contributed by atoms with Crippen molar-refractivity contribution in [2.45, 2.75) is 13.0 Å². The first-order valence-electron chi connectivity index (χ1n) is 6.45. The molecule has 0 spiro atoms. The summed E-state index contributed by atoms with van der Waals surface area (Å²) in [6.07, 6.45) is 5.44. The molecule has 100 valence electrons. The van der Waals surface area contributed by atoms with Crippen molar-refractivity contribution in [1.82, 2.24) is 9.97 Å². The minimum absolute atomic E-state index is 0.176. The van der Waals surface area contributed by atoms with Gasteiger partial charge >= 0.3 is 0 Å². The summed E-state index contributed by atoms with van der Waals surface area (Å²) in [5.41, 5.74) is 1.19. The largest absolute Gasteiger partial charge is 0.363 e. The van der Waals surface area contributed by atoms with Gasteiger partial charge in [0.2, 0.25) is 0 Å². The summed E-state index contributed by atoms with van der Waals surface area (Å²) in [7, 11) is 0. The van der Waals surface area contributed by atoms with Crippen LogP contribution in [0.2, 0.25) is 0 Å². The first-order chi connectivity index (χ1) is 9.75. The third-order valence-corrected chi connectivity index (χ3v) is 4.00. The van der Waals surface area contributed by atoms with E-state index < -0.39 is 0 Å². The standard InChI is InChI=1S/C16H14BrN3/c1-11(12-5-8-18-9-6-12)20-16-14-3-2-4-15(17)13(14)7-10-19-16/h2-11H,1H3,(H,19,20). The van der Waals surface area contributed by atoms with Crippen LogP contribution in [0.4, 0.5) is 5.82 Å². The molecule has 0 fully saturated rings. The van der Waals surface area contributed by atoms with Gasteiger partial charge in [0.05, 0.1) is 6.04 Å². The predicted octanol–water partition coefficient (Wildman–Crippen LogP) is 4.57. The van der Waals surface area contributed by atoms with E-state index in [4.69, 9.17) is 0 Å². The van der Waals surface area contributed by atoms with Crippen LogP contribution in [-0.2, 0) is 0 Å². The Morgan fingerprint density at radius 1 is 1.00 bits per heavy atom. The average molecular weight is 328 g/mol. The summed E-state index contributed by atoms with van der Waals surface area (Å²) in [4.78, 5) is 8.51. The maximum absolute atomic E-state index is 4.47. The summed E-state index contributed by atoms with van der Waals surface area (Å²) in [5, 5.41) is 5.74. The van der Waals surface area contributed by atoms with Gasteiger partial charge in [-0.15, -0.1) is 0 Å². The van der Waals surface area contributed by atoms with Crippen LogP contribution in [0.15, 0.2) is 59.5 Å². The predicted molar refractivity (Wildman–Crippen MR) is 85.7 cm³/mol. The van der Waals surface area contributed by atoms with Crippen LogP contribution in [0.1, 0.15) is 18.5 Å². The molecule has 3 aromatic rings. The van der Waals surface area contributed by atoms with Gasteiger partial charge in [0.15, 0.2) is 0 Å². The Morgan fingerprint density at radius 2 is 1.80 bits per heavy atom. The van der Waals surface area contributed by atoms with Gasteiger partial charge in [-0.2, -0.15) is 0 Å². The van der Waals surface area contributed by atoms with E-state index in [1.165, 1.54) is 5.56 Å². The number of fused-ring (bicyclic) bond motifs is 1. The molecule has 0 bridgehead atoms. The van der Waals surface area contributed by atoms with E-state index >= 15 is 0 Å². The Balaban J connectivity index is 1.97. The van der Waals surface area contributed by atoms with E-state index in [2.05, 4.69) is 44.2 Å². The molecule has 0 aliphatic rings. The summed E-state index contributed by atoms with van der Waals surface area (Å²) >= 11 is 3.58. The maximum atomic E-state index is 4.47. The van der Waals surface area contributed by atoms with Crippen molar-refractivity contribution in [1.29, 1.82) is 0 Å². The molecule has 0 amide bonds. The number of rotatable bonds is 3. The van der Waals surface area contributed by atoms with Crippen molar-refractivity contribution in [3.05, 3.63) is 65.0 Å². The fourth-order valence-electron chi connectivity index (χ4n) is 2.22. The van der Waals surface area contributed by atoms with Crippen LogP contribution >= 0.6 is 15.9 Å². The van der Waals surface area contributed by atoms with Crippen LogP contribution in [0.3, 0.4) is 0 Å². The van der Waals surface area contributed by atoms with E-state index in [0.717, 1.165) is 21.1 Å². The zero-order valence-electron chi connectivity index (χ0n) is 11.0. The molecule has 0 aliphatic carbocycles. The number of hydrogen-bond acceptors (Lipinski definition) is 3. The second kappa shape index (κ2) is 5.59. The molecule has 1 aromatic carbocycles. The lowest BCUT2D eigenvalue weighted by Crippen LogP contribution is -2.08. The molecular weight excluding hydrogens is 314 g/mol. The van der Waals surface area contributed by atoms with Gasteiger partial charge in [-0.25, -0.2) is 4.98 Å². The normalized spacial score (nSPS) is 12.3. The number of anilines is 1. The number of hydrogen-bond donors (Lipinski definition) is 1. The first kappa shape index (κ1) is 13.1. The van der Waals surface area contributed by atoms with Gasteiger partial charge < -0.3 is 5.32 Å². The molecule has 20 heavy (non-hydrogen) atoms. The summed E-state index contributed by atoms with van der Waals surface area (Å²) in [6, 6.07) is 12.4. The Bertz CT molecular complexity index is 728. The number of aromatic nitrogens is 2. The molecule has 0 aliphatic heterocycles. The van der Waals surface area contributed by atoms with Crippen molar-refractivity contribution in [3.63, 3.8) is 0 Å². The molecule has 4 heteroatoms. The molecular formula is C16H14BrN3. The third kappa shape index (κ3) is 2.51. The Kier molecular flexibility index (Phi) is 3.65. The van der Waals surface area contributed by atoms with E-state index in [1.54, 1.807) is 12.4 Å². The smallest absolute Gasteiger partial charge is 0.134 e. The molecule has 3 nitrogen and oxygen atoms in total. The third-order valence-electron chi connectivity index (χ3n) is 3.31. The lowest BCUT2D eigenvalue weighted by molar-refractivity contribution is 0.874. The SMILES string of the molecule is CC(Nc1nccc2c(Br)cccc12)c1ccncc1. The number of nitrogens with one attached hydrogen (secondary N) is 1. The van der Waals surface area contributed by atoms with Crippen LogP contribution in [0.25, 0.3) is 10.8 Å². The molecule has 2 heterocycles. The zero-order chi connectivity index (χ0) is 13.9. The second-order valence-corrected chi connectivity index (χ2v) is 5.50. The summed E-state index contributed by atoms with van der Waals surface area (Å²) in [5.74, 6) is 0.896. The molecule has 3 rings (SSSR count). The lowest BCUT2D eigenvalue weighted by atomic mass is 10.1. The van der Waals surface area contributed by atoms with Crippen molar-refractivity contribution >= 4 is 32.5 Å². The van der Waals surface area contributed by atoms with Gasteiger partial charge in [0.1, 0.15) is 5.82 Å². The van der Waals surface area contributed by atoms with E-state index in [0.29, 0.717) is 0 Å². The molecule has 1 N–H and O–H groups in total. The van der Waals surface area contributed by atoms with E-state index in [1.807, 2.05) is 36.5 Å². The highest BCUT2D eigenvalue weighted by molar-refractivity contribution is 9.10. The zero-order valence-corrected chi connectivity index (χ0v) is 12.6. The topological polar surface area (TPSA) is 37.8 Å². The highest BCUT2D eigenvalue weighted by atomic mass is 79.9. The minimum atomic E-state index is 0.176. The Morgan fingerprint density at radius 3 is 2.60 bits per heavy atom. The fraction of sp³-hybridized carbons (Fsp3) is 0.125. The van der Waals surface area contributed by atoms with Gasteiger partial charge in [-0.05, 0) is 36.8 Å². The lowest BCUT2D eigenvalue weighted by Gasteiger charge is -2.16. The molecule has 0 radical (unpaired) electrons. The molecule has 1 unspecified atom stereocenters. The number of benzene rings is 1. The maximum Gasteiger partial charge on any atom is 0.134 e. The average Bonchev–Trinajstić information content (AvgIpc) is 2.49. The van der Waals surface area contributed by atoms with Crippen LogP contribution in [0.5, 0.6) is 0 Å². The number of nitrogens with zero attached hydrogens (tertiary/aromatic N) is 2.